The Hall–Kier alpha value is -1.75. The standard InChI is InChI=1S/C14H13Cl2N3O3S/c15-12-2-1-10(5-13(12)16)19-14(20)9(6-17)7-18-11-3-4-23(21,22)8-11/h1-2,5,7,11,18H,3-4,8H2,(H,19,20)/b9-7-. The molecule has 1 aliphatic rings. The van der Waals surface area contributed by atoms with E-state index in [0.29, 0.717) is 17.1 Å². The van der Waals surface area contributed by atoms with Crippen molar-refractivity contribution in [2.24, 2.45) is 0 Å². The Kier molecular flexibility index (Phi) is 5.52. The molecular formula is C14H13Cl2N3O3S. The Morgan fingerprint density at radius 2 is 2.09 bits per heavy atom. The average Bonchev–Trinajstić information content (AvgIpc) is 2.83. The number of halogens is 2. The van der Waals surface area contributed by atoms with Crippen molar-refractivity contribution in [3.05, 3.63) is 40.0 Å². The van der Waals surface area contributed by atoms with Gasteiger partial charge in [0.15, 0.2) is 9.84 Å². The Morgan fingerprint density at radius 1 is 1.35 bits per heavy atom. The number of amides is 1. The first-order chi connectivity index (χ1) is 10.8. The SMILES string of the molecule is N#C/C(=C/NC1CCS(=O)(=O)C1)C(=O)Nc1ccc(Cl)c(Cl)c1. The summed E-state index contributed by atoms with van der Waals surface area (Å²) in [6, 6.07) is 6.02. The number of carbonyl (C=O) groups is 1. The number of hydrogen-bond acceptors (Lipinski definition) is 5. The van der Waals surface area contributed by atoms with Crippen LogP contribution >= 0.6 is 23.2 Å². The highest BCUT2D eigenvalue weighted by molar-refractivity contribution is 7.91. The van der Waals surface area contributed by atoms with Gasteiger partial charge < -0.3 is 10.6 Å². The number of hydrogen-bond donors (Lipinski definition) is 2. The number of nitriles is 1. The van der Waals surface area contributed by atoms with Crippen molar-refractivity contribution in [3.8, 4) is 6.07 Å². The van der Waals surface area contributed by atoms with Gasteiger partial charge in [-0.15, -0.1) is 0 Å². The Morgan fingerprint density at radius 3 is 2.65 bits per heavy atom. The van der Waals surface area contributed by atoms with Crippen molar-refractivity contribution in [2.75, 3.05) is 16.8 Å². The lowest BCUT2D eigenvalue weighted by atomic mass is 10.2. The fourth-order valence-electron chi connectivity index (χ4n) is 2.05. The van der Waals surface area contributed by atoms with E-state index in [1.54, 1.807) is 12.1 Å². The summed E-state index contributed by atoms with van der Waals surface area (Å²) in [6.07, 6.45) is 1.68. The van der Waals surface area contributed by atoms with E-state index in [-0.39, 0.29) is 28.1 Å². The molecule has 0 saturated carbocycles. The van der Waals surface area contributed by atoms with Crippen LogP contribution in [0.1, 0.15) is 6.42 Å². The molecule has 2 rings (SSSR count). The highest BCUT2D eigenvalue weighted by Crippen LogP contribution is 2.25. The van der Waals surface area contributed by atoms with Gasteiger partial charge in [0.05, 0.1) is 21.6 Å². The summed E-state index contributed by atoms with van der Waals surface area (Å²) in [6.45, 7) is 0. The van der Waals surface area contributed by atoms with Gasteiger partial charge in [0.25, 0.3) is 5.91 Å². The van der Waals surface area contributed by atoms with Crippen molar-refractivity contribution >= 4 is 44.6 Å². The summed E-state index contributed by atoms with van der Waals surface area (Å²) in [5, 5.41) is 15.0. The van der Waals surface area contributed by atoms with Crippen LogP contribution < -0.4 is 10.6 Å². The van der Waals surface area contributed by atoms with Gasteiger partial charge in [-0.1, -0.05) is 23.2 Å². The highest BCUT2D eigenvalue weighted by Gasteiger charge is 2.27. The van der Waals surface area contributed by atoms with Crippen LogP contribution in [0.3, 0.4) is 0 Å². The topological polar surface area (TPSA) is 99.1 Å². The zero-order valence-electron chi connectivity index (χ0n) is 11.8. The van der Waals surface area contributed by atoms with E-state index in [2.05, 4.69) is 10.6 Å². The van der Waals surface area contributed by atoms with Gasteiger partial charge in [0.1, 0.15) is 11.6 Å². The maximum atomic E-state index is 12.0. The molecule has 1 fully saturated rings. The third kappa shape index (κ3) is 4.86. The maximum Gasteiger partial charge on any atom is 0.267 e. The summed E-state index contributed by atoms with van der Waals surface area (Å²) in [4.78, 5) is 12.0. The first-order valence-electron chi connectivity index (χ1n) is 6.64. The Balaban J connectivity index is 2.02. The van der Waals surface area contributed by atoms with Gasteiger partial charge in [-0.25, -0.2) is 8.42 Å². The van der Waals surface area contributed by atoms with Crippen LogP contribution in [0.2, 0.25) is 10.0 Å². The molecule has 1 unspecified atom stereocenters. The molecule has 0 aromatic heterocycles. The third-order valence-corrected chi connectivity index (χ3v) is 5.75. The monoisotopic (exact) mass is 373 g/mol. The normalized spacial score (nSPS) is 19.9. The molecule has 0 spiro atoms. The second kappa shape index (κ2) is 7.21. The molecule has 1 aromatic carbocycles. The van der Waals surface area contributed by atoms with E-state index >= 15 is 0 Å². The number of nitrogens with one attached hydrogen (secondary N) is 2. The van der Waals surface area contributed by atoms with E-state index < -0.39 is 15.7 Å². The van der Waals surface area contributed by atoms with Gasteiger partial charge in [-0.3, -0.25) is 4.79 Å². The second-order valence-electron chi connectivity index (χ2n) is 5.02. The fourth-order valence-corrected chi connectivity index (χ4v) is 4.03. The van der Waals surface area contributed by atoms with Crippen LogP contribution in [0.25, 0.3) is 0 Å². The molecule has 1 atom stereocenters. The van der Waals surface area contributed by atoms with Gasteiger partial charge in [-0.2, -0.15) is 5.26 Å². The molecule has 0 aliphatic carbocycles. The molecule has 1 heterocycles. The van der Waals surface area contributed by atoms with Crippen molar-refractivity contribution in [1.82, 2.24) is 5.32 Å². The van der Waals surface area contributed by atoms with E-state index in [0.717, 1.165) is 0 Å². The van der Waals surface area contributed by atoms with Crippen LogP contribution in [0.4, 0.5) is 5.69 Å². The van der Waals surface area contributed by atoms with E-state index in [4.69, 9.17) is 28.5 Å². The van der Waals surface area contributed by atoms with Crippen LogP contribution in [-0.4, -0.2) is 31.9 Å². The van der Waals surface area contributed by atoms with Crippen molar-refractivity contribution < 1.29 is 13.2 Å². The first-order valence-corrected chi connectivity index (χ1v) is 9.21. The van der Waals surface area contributed by atoms with Crippen LogP contribution in [-0.2, 0) is 14.6 Å². The largest absolute Gasteiger partial charge is 0.386 e. The van der Waals surface area contributed by atoms with Crippen molar-refractivity contribution in [2.45, 2.75) is 12.5 Å². The van der Waals surface area contributed by atoms with Gasteiger partial charge in [0, 0.05) is 17.9 Å². The lowest BCUT2D eigenvalue weighted by molar-refractivity contribution is -0.112. The maximum absolute atomic E-state index is 12.0. The highest BCUT2D eigenvalue weighted by atomic mass is 35.5. The predicted octanol–water partition coefficient (Wildman–Crippen LogP) is 2.12. The van der Waals surface area contributed by atoms with Gasteiger partial charge in [0.2, 0.25) is 0 Å². The smallest absolute Gasteiger partial charge is 0.267 e. The van der Waals surface area contributed by atoms with Crippen LogP contribution in [0.5, 0.6) is 0 Å². The average molecular weight is 374 g/mol. The lowest BCUT2D eigenvalue weighted by Crippen LogP contribution is -2.27. The molecule has 6 nitrogen and oxygen atoms in total. The van der Waals surface area contributed by atoms with Gasteiger partial charge >= 0.3 is 0 Å². The summed E-state index contributed by atoms with van der Waals surface area (Å²) < 4.78 is 22.7. The van der Waals surface area contributed by atoms with Crippen molar-refractivity contribution in [3.63, 3.8) is 0 Å². The number of carbonyl (C=O) groups excluding carboxylic acids is 1. The summed E-state index contributed by atoms with van der Waals surface area (Å²) in [5.41, 5.74) is 0.231. The Labute approximate surface area is 144 Å². The van der Waals surface area contributed by atoms with Crippen LogP contribution in [0, 0.1) is 11.3 Å². The van der Waals surface area contributed by atoms with Crippen molar-refractivity contribution in [1.29, 1.82) is 5.26 Å². The lowest BCUT2D eigenvalue weighted by Gasteiger charge is -2.09. The first kappa shape index (κ1) is 17.6. The summed E-state index contributed by atoms with van der Waals surface area (Å²) in [5.74, 6) is -0.522. The molecule has 0 radical (unpaired) electrons. The molecule has 9 heteroatoms. The van der Waals surface area contributed by atoms with Gasteiger partial charge in [-0.05, 0) is 24.6 Å². The second-order valence-corrected chi connectivity index (χ2v) is 8.06. The minimum absolute atomic E-state index is 0.00335. The van der Waals surface area contributed by atoms with E-state index in [1.165, 1.54) is 18.3 Å². The zero-order valence-corrected chi connectivity index (χ0v) is 14.2. The fraction of sp³-hybridized carbons (Fsp3) is 0.286. The number of benzene rings is 1. The summed E-state index contributed by atoms with van der Waals surface area (Å²) in [7, 11) is -3.03. The minimum Gasteiger partial charge on any atom is -0.386 e. The quantitative estimate of drug-likeness (QED) is 0.621. The van der Waals surface area contributed by atoms with Crippen LogP contribution in [0.15, 0.2) is 30.0 Å². The minimum atomic E-state index is -3.03. The van der Waals surface area contributed by atoms with E-state index in [9.17, 15) is 13.2 Å². The molecule has 1 amide bonds. The number of rotatable bonds is 4. The molecule has 122 valence electrons. The summed E-state index contributed by atoms with van der Waals surface area (Å²) >= 11 is 11.6. The molecule has 0 bridgehead atoms. The number of nitrogens with zero attached hydrogens (tertiary/aromatic N) is 1. The molecule has 2 N–H and O–H groups in total. The molecular weight excluding hydrogens is 361 g/mol. The number of anilines is 1. The molecule has 1 aliphatic heterocycles. The zero-order chi connectivity index (χ0) is 17.0. The third-order valence-electron chi connectivity index (χ3n) is 3.24. The number of sulfone groups is 1. The molecule has 1 aromatic rings. The molecule has 1 saturated heterocycles. The molecule has 23 heavy (non-hydrogen) atoms. The Bertz CT molecular complexity index is 800. The van der Waals surface area contributed by atoms with E-state index in [1.807, 2.05) is 0 Å². The predicted molar refractivity (Wildman–Crippen MR) is 89.0 cm³/mol.